The van der Waals surface area contributed by atoms with Gasteiger partial charge in [0.2, 0.25) is 0 Å². The van der Waals surface area contributed by atoms with E-state index < -0.39 is 28.8 Å². The molecule has 4 nitrogen and oxygen atoms in total. The molecule has 0 aliphatic carbocycles. The summed E-state index contributed by atoms with van der Waals surface area (Å²) in [5.41, 5.74) is 1.03. The molecule has 0 saturated carbocycles. The van der Waals surface area contributed by atoms with Gasteiger partial charge in [-0.3, -0.25) is 4.31 Å². The van der Waals surface area contributed by atoms with Gasteiger partial charge in [0, 0.05) is 38.3 Å². The van der Waals surface area contributed by atoms with E-state index in [9.17, 15) is 22.3 Å². The molecule has 27 heavy (non-hydrogen) atoms. The van der Waals surface area contributed by atoms with E-state index in [0.717, 1.165) is 11.3 Å². The number of aryl methyl sites for hydroxylation is 1. The summed E-state index contributed by atoms with van der Waals surface area (Å²) >= 11 is 1.11. The second-order valence-corrected chi connectivity index (χ2v) is 7.77. The third kappa shape index (κ3) is 4.97. The Morgan fingerprint density at radius 3 is 2.33 bits per heavy atom. The van der Waals surface area contributed by atoms with Crippen molar-refractivity contribution in [2.75, 3.05) is 10.8 Å². The van der Waals surface area contributed by atoms with Crippen molar-refractivity contribution in [1.29, 1.82) is 0 Å². The van der Waals surface area contributed by atoms with Crippen molar-refractivity contribution in [2.45, 2.75) is 27.2 Å². The van der Waals surface area contributed by atoms with Crippen LogP contribution >= 0.6 is 11.3 Å². The molecule has 9 heteroatoms. The predicted molar refractivity (Wildman–Crippen MR) is 105 cm³/mol. The van der Waals surface area contributed by atoms with Gasteiger partial charge in [0.05, 0.1) is 17.1 Å². The Morgan fingerprint density at radius 2 is 1.78 bits per heavy atom. The van der Waals surface area contributed by atoms with Crippen molar-refractivity contribution in [3.05, 3.63) is 59.1 Å². The fourth-order valence-electron chi connectivity index (χ4n) is 2.56. The fourth-order valence-corrected chi connectivity index (χ4v) is 5.32. The number of hydrogen-bond donors (Lipinski definition) is 1. The number of aliphatic hydroxyl groups is 1. The SMILES string of the molecule is CC.Cc1ccccc1C1=C(O)c2sccc2N(CC(F)F)S1(=O)=O.[CH3-].[Y]. The second kappa shape index (κ2) is 10.6. The Hall–Kier alpha value is -0.826. The molecule has 0 atom stereocenters. The molecular formula is C18H22F2NO3S2Y-. The molecule has 2 aromatic rings. The molecule has 1 radical (unpaired) electrons. The van der Waals surface area contributed by atoms with Crippen LogP contribution in [0, 0.1) is 14.4 Å². The van der Waals surface area contributed by atoms with E-state index in [1.54, 1.807) is 36.6 Å². The van der Waals surface area contributed by atoms with E-state index in [2.05, 4.69) is 0 Å². The van der Waals surface area contributed by atoms with Crippen LogP contribution in [0.4, 0.5) is 14.5 Å². The number of nitrogens with zero attached hydrogens (tertiary/aromatic N) is 1. The topological polar surface area (TPSA) is 57.6 Å². The molecule has 0 fully saturated rings. The van der Waals surface area contributed by atoms with Crippen molar-refractivity contribution in [1.82, 2.24) is 0 Å². The van der Waals surface area contributed by atoms with Gasteiger partial charge in [0.25, 0.3) is 16.4 Å². The molecule has 1 aliphatic heterocycles. The van der Waals surface area contributed by atoms with Crippen LogP contribution in [-0.2, 0) is 42.7 Å². The first-order chi connectivity index (χ1) is 11.8. The van der Waals surface area contributed by atoms with E-state index in [0.29, 0.717) is 15.4 Å². The quantitative estimate of drug-likeness (QED) is 0.591. The first-order valence-electron chi connectivity index (χ1n) is 7.72. The average Bonchev–Trinajstić information content (AvgIpc) is 3.04. The summed E-state index contributed by atoms with van der Waals surface area (Å²) < 4.78 is 52.2. The molecule has 0 bridgehead atoms. The van der Waals surface area contributed by atoms with E-state index in [1.807, 2.05) is 13.8 Å². The number of halogens is 2. The van der Waals surface area contributed by atoms with Crippen LogP contribution in [-0.4, -0.2) is 26.5 Å². The number of hydrogen-bond acceptors (Lipinski definition) is 4. The van der Waals surface area contributed by atoms with Gasteiger partial charge in [0.15, 0.2) is 5.76 Å². The Labute approximate surface area is 188 Å². The standard InChI is InChI=1S/C15H13F2NO3S2.C2H6.CH3.Y/c1-9-4-2-3-5-10(9)15-13(19)14-11(6-7-22-14)18(8-12(16)17)23(15,20)21;1-2;;/h2-7,12,19H,8H2,1H3;1-2H3;1H3;/q;;-1;. The molecular weight excluding hydrogens is 469 g/mol. The number of thiophene rings is 1. The zero-order valence-corrected chi connectivity index (χ0v) is 20.1. The van der Waals surface area contributed by atoms with Crippen LogP contribution in [0.15, 0.2) is 35.7 Å². The Morgan fingerprint density at radius 1 is 1.19 bits per heavy atom. The molecule has 0 unspecified atom stereocenters. The summed E-state index contributed by atoms with van der Waals surface area (Å²) in [6, 6.07) is 8.05. The molecule has 0 amide bonds. The van der Waals surface area contributed by atoms with Gasteiger partial charge in [-0.1, -0.05) is 38.1 Å². The summed E-state index contributed by atoms with van der Waals surface area (Å²) in [5.74, 6) is -0.394. The van der Waals surface area contributed by atoms with Crippen molar-refractivity contribution in [3.63, 3.8) is 0 Å². The minimum absolute atomic E-state index is 0. The third-order valence-corrected chi connectivity index (χ3v) is 6.35. The zero-order valence-electron chi connectivity index (χ0n) is 15.6. The van der Waals surface area contributed by atoms with Gasteiger partial charge in [-0.25, -0.2) is 17.2 Å². The van der Waals surface area contributed by atoms with Gasteiger partial charge in [-0.15, -0.1) is 11.3 Å². The Bertz CT molecular complexity index is 896. The number of sulfonamides is 1. The summed E-state index contributed by atoms with van der Waals surface area (Å²) in [6.07, 6.45) is -2.82. The van der Waals surface area contributed by atoms with Gasteiger partial charge in [-0.2, -0.15) is 0 Å². The van der Waals surface area contributed by atoms with Crippen LogP contribution in [0.1, 0.15) is 29.9 Å². The molecule has 147 valence electrons. The molecule has 0 saturated heterocycles. The molecule has 1 aromatic carbocycles. The van der Waals surface area contributed by atoms with E-state index in [1.165, 1.54) is 6.07 Å². The number of benzene rings is 1. The maximum absolute atomic E-state index is 12.9. The van der Waals surface area contributed by atoms with Gasteiger partial charge in [-0.05, 0) is 23.9 Å². The summed E-state index contributed by atoms with van der Waals surface area (Å²) in [5, 5.41) is 12.0. The largest absolute Gasteiger partial charge is 0.505 e. The zero-order chi connectivity index (χ0) is 18.8. The Kier molecular flexibility index (Phi) is 10.3. The first kappa shape index (κ1) is 26.2. The van der Waals surface area contributed by atoms with Crippen LogP contribution in [0.2, 0.25) is 0 Å². The maximum atomic E-state index is 12.9. The van der Waals surface area contributed by atoms with E-state index >= 15 is 0 Å². The van der Waals surface area contributed by atoms with Crippen LogP contribution in [0.3, 0.4) is 0 Å². The van der Waals surface area contributed by atoms with Gasteiger partial charge >= 0.3 is 0 Å². The van der Waals surface area contributed by atoms with Crippen LogP contribution in [0.25, 0.3) is 10.7 Å². The van der Waals surface area contributed by atoms with Crippen LogP contribution < -0.4 is 4.31 Å². The number of fused-ring (bicyclic) bond motifs is 1. The van der Waals surface area contributed by atoms with Crippen molar-refractivity contribution in [3.8, 4) is 0 Å². The molecule has 1 N–H and O–H groups in total. The smallest absolute Gasteiger partial charge is 0.268 e. The minimum Gasteiger partial charge on any atom is -0.505 e. The number of rotatable bonds is 3. The summed E-state index contributed by atoms with van der Waals surface area (Å²) in [7, 11) is -4.28. The monoisotopic (exact) mass is 491 g/mol. The number of anilines is 1. The average molecular weight is 491 g/mol. The summed E-state index contributed by atoms with van der Waals surface area (Å²) in [6.45, 7) is 4.75. The first-order valence-corrected chi connectivity index (χ1v) is 10.0. The van der Waals surface area contributed by atoms with Gasteiger partial charge < -0.3 is 12.5 Å². The molecule has 2 heterocycles. The fraction of sp³-hybridized carbons (Fsp3) is 0.278. The van der Waals surface area contributed by atoms with Crippen molar-refractivity contribution >= 4 is 37.7 Å². The summed E-state index contributed by atoms with van der Waals surface area (Å²) in [4.78, 5) is -0.0510. The van der Waals surface area contributed by atoms with Gasteiger partial charge in [0.1, 0.15) is 4.91 Å². The van der Waals surface area contributed by atoms with Crippen molar-refractivity contribution < 1.29 is 55.0 Å². The number of aliphatic hydroxyl groups excluding tert-OH is 1. The third-order valence-electron chi connectivity index (χ3n) is 3.58. The van der Waals surface area contributed by atoms with Crippen LogP contribution in [0.5, 0.6) is 0 Å². The maximum Gasteiger partial charge on any atom is 0.268 e. The Balaban J connectivity index is 0.00000164. The number of alkyl halides is 2. The minimum atomic E-state index is -4.28. The van der Waals surface area contributed by atoms with E-state index in [-0.39, 0.29) is 55.6 Å². The molecule has 1 aliphatic rings. The predicted octanol–water partition coefficient (Wildman–Crippen LogP) is 5.33. The van der Waals surface area contributed by atoms with Crippen molar-refractivity contribution in [2.24, 2.45) is 0 Å². The van der Waals surface area contributed by atoms with E-state index in [4.69, 9.17) is 0 Å². The molecule has 1 aromatic heterocycles. The second-order valence-electron chi connectivity index (χ2n) is 5.05. The molecule has 0 spiro atoms. The molecule has 3 rings (SSSR count). The normalized spacial score (nSPS) is 14.5.